The van der Waals surface area contributed by atoms with E-state index in [1.807, 2.05) is 0 Å². The van der Waals surface area contributed by atoms with Crippen LogP contribution in [0.4, 0.5) is 0 Å². The normalized spacial score (nSPS) is 24.1. The Bertz CT molecular complexity index is 239. The van der Waals surface area contributed by atoms with Gasteiger partial charge in [-0.25, -0.2) is 4.31 Å². The molecule has 12 heavy (non-hydrogen) atoms. The zero-order valence-electron chi connectivity index (χ0n) is 8.25. The highest BCUT2D eigenvalue weighted by Gasteiger charge is 2.30. The van der Waals surface area contributed by atoms with Gasteiger partial charge in [-0.2, -0.15) is 0 Å². The van der Waals surface area contributed by atoms with E-state index in [1.54, 1.807) is 6.26 Å². The maximum Gasteiger partial charge on any atom is 0.0250 e. The van der Waals surface area contributed by atoms with E-state index < -0.39 is 9.71 Å². The van der Waals surface area contributed by atoms with Crippen LogP contribution in [0, 0.1) is 0 Å². The molecule has 0 spiro atoms. The number of rotatable bonds is 3. The number of nitrogens with zero attached hydrogens (tertiary/aromatic N) is 1. The molecule has 0 N–H and O–H groups in total. The van der Waals surface area contributed by atoms with Crippen LogP contribution < -0.4 is 0 Å². The maximum absolute atomic E-state index is 11.8. The lowest BCUT2D eigenvalue weighted by molar-refractivity contribution is 0.197. The summed E-state index contributed by atoms with van der Waals surface area (Å²) >= 11 is 0. The van der Waals surface area contributed by atoms with Crippen molar-refractivity contribution < 1.29 is 4.21 Å². The van der Waals surface area contributed by atoms with Crippen LogP contribution in [-0.4, -0.2) is 32.7 Å². The van der Waals surface area contributed by atoms with Crippen LogP contribution in [0.1, 0.15) is 33.1 Å². The molecule has 72 valence electrons. The van der Waals surface area contributed by atoms with Crippen LogP contribution >= 0.6 is 0 Å². The number of hydrogen-bond acceptors (Lipinski definition) is 1. The van der Waals surface area contributed by atoms with Gasteiger partial charge in [0.05, 0.1) is 0 Å². The van der Waals surface area contributed by atoms with E-state index in [2.05, 4.69) is 24.0 Å². The molecule has 0 aromatic carbocycles. The summed E-state index contributed by atoms with van der Waals surface area (Å²) in [6.07, 6.45) is 5.41. The van der Waals surface area contributed by atoms with Crippen molar-refractivity contribution in [1.29, 1.82) is 0 Å². The molecule has 1 rings (SSSR count). The molecule has 0 amide bonds. The molecule has 0 aromatic rings. The molecule has 1 aliphatic carbocycles. The summed E-state index contributed by atoms with van der Waals surface area (Å²) in [6, 6.07) is 0.880. The average Bonchev–Trinajstić information content (AvgIpc) is 1.73. The SMILES string of the molecule is C=S(C)(=O)N(C(C)C)C1CCC1. The Morgan fingerprint density at radius 1 is 1.50 bits per heavy atom. The minimum atomic E-state index is -1.99. The predicted molar refractivity (Wildman–Crippen MR) is 55.8 cm³/mol. The molecule has 3 heteroatoms. The van der Waals surface area contributed by atoms with E-state index in [0.717, 1.165) is 0 Å². The van der Waals surface area contributed by atoms with E-state index in [4.69, 9.17) is 0 Å². The van der Waals surface area contributed by atoms with Crippen LogP contribution in [0.15, 0.2) is 0 Å². The fourth-order valence-electron chi connectivity index (χ4n) is 1.82. The monoisotopic (exact) mass is 189 g/mol. The van der Waals surface area contributed by atoms with Gasteiger partial charge in [0.2, 0.25) is 0 Å². The molecule has 2 nitrogen and oxygen atoms in total. The lowest BCUT2D eigenvalue weighted by atomic mass is 9.92. The Morgan fingerprint density at radius 2 is 2.00 bits per heavy atom. The lowest BCUT2D eigenvalue weighted by Gasteiger charge is -2.40. The van der Waals surface area contributed by atoms with Gasteiger partial charge in [0, 0.05) is 28.0 Å². The third-order valence-electron chi connectivity index (χ3n) is 2.39. The van der Waals surface area contributed by atoms with E-state index in [1.165, 1.54) is 19.3 Å². The van der Waals surface area contributed by atoms with Crippen LogP contribution in [-0.2, 0) is 9.71 Å². The molecule has 1 saturated carbocycles. The van der Waals surface area contributed by atoms with Gasteiger partial charge in [-0.3, -0.25) is 4.21 Å². The Labute approximate surface area is 76.1 Å². The second-order valence-corrected chi connectivity index (χ2v) is 6.34. The molecule has 1 fully saturated rings. The quantitative estimate of drug-likeness (QED) is 0.616. The third kappa shape index (κ3) is 2.02. The molecule has 1 aliphatic rings. The minimum absolute atomic E-state index is 0.352. The minimum Gasteiger partial charge on any atom is -0.253 e. The molecule has 0 saturated heterocycles. The molecule has 0 bridgehead atoms. The van der Waals surface area contributed by atoms with E-state index >= 15 is 0 Å². The van der Waals surface area contributed by atoms with Gasteiger partial charge < -0.3 is 0 Å². The van der Waals surface area contributed by atoms with Gasteiger partial charge in [0.1, 0.15) is 0 Å². The van der Waals surface area contributed by atoms with Crippen molar-refractivity contribution in [3.05, 3.63) is 0 Å². The third-order valence-corrected chi connectivity index (χ3v) is 4.00. The van der Waals surface area contributed by atoms with Crippen molar-refractivity contribution in [3.8, 4) is 0 Å². The molecule has 1 unspecified atom stereocenters. The van der Waals surface area contributed by atoms with Crippen molar-refractivity contribution in [1.82, 2.24) is 4.31 Å². The summed E-state index contributed by atoms with van der Waals surface area (Å²) < 4.78 is 13.9. The van der Waals surface area contributed by atoms with Crippen molar-refractivity contribution in [3.63, 3.8) is 0 Å². The predicted octanol–water partition coefficient (Wildman–Crippen LogP) is 1.51. The molecular weight excluding hydrogens is 170 g/mol. The molecular formula is C9H19NOS. The van der Waals surface area contributed by atoms with E-state index in [0.29, 0.717) is 12.1 Å². The Hall–Kier alpha value is -0.0200. The summed E-state index contributed by atoms with van der Waals surface area (Å²) in [5, 5.41) is 0. The fourth-order valence-corrected chi connectivity index (χ4v) is 3.56. The van der Waals surface area contributed by atoms with Crippen LogP contribution in [0.25, 0.3) is 0 Å². The highest BCUT2D eigenvalue weighted by molar-refractivity contribution is 7.97. The first-order valence-electron chi connectivity index (χ1n) is 4.53. The molecule has 0 heterocycles. The average molecular weight is 189 g/mol. The highest BCUT2D eigenvalue weighted by atomic mass is 32.2. The zero-order chi connectivity index (χ0) is 9.35. The second kappa shape index (κ2) is 3.38. The summed E-state index contributed by atoms with van der Waals surface area (Å²) in [6.45, 7) is 4.18. The van der Waals surface area contributed by atoms with E-state index in [-0.39, 0.29) is 0 Å². The summed E-state index contributed by atoms with van der Waals surface area (Å²) in [5.41, 5.74) is 0. The first kappa shape index (κ1) is 10.1. The molecule has 1 atom stereocenters. The first-order chi connectivity index (χ1) is 5.43. The van der Waals surface area contributed by atoms with Crippen molar-refractivity contribution in [2.75, 3.05) is 6.26 Å². The number of hydrogen-bond donors (Lipinski definition) is 0. The maximum atomic E-state index is 11.8. The smallest absolute Gasteiger partial charge is 0.0250 e. The second-order valence-electron chi connectivity index (χ2n) is 4.00. The van der Waals surface area contributed by atoms with E-state index in [9.17, 15) is 4.21 Å². The molecule has 0 radical (unpaired) electrons. The highest BCUT2D eigenvalue weighted by Crippen LogP contribution is 2.28. The van der Waals surface area contributed by atoms with Gasteiger partial charge in [0.15, 0.2) is 0 Å². The zero-order valence-corrected chi connectivity index (χ0v) is 9.06. The Kier molecular flexibility index (Phi) is 2.84. The summed E-state index contributed by atoms with van der Waals surface area (Å²) in [7, 11) is -1.99. The first-order valence-corrected chi connectivity index (χ1v) is 6.63. The van der Waals surface area contributed by atoms with Crippen molar-refractivity contribution >= 4 is 15.6 Å². The van der Waals surface area contributed by atoms with Crippen molar-refractivity contribution in [2.45, 2.75) is 45.2 Å². The Morgan fingerprint density at radius 3 is 2.08 bits per heavy atom. The lowest BCUT2D eigenvalue weighted by Crippen LogP contribution is -2.47. The van der Waals surface area contributed by atoms with Crippen LogP contribution in [0.5, 0.6) is 0 Å². The van der Waals surface area contributed by atoms with Gasteiger partial charge in [-0.1, -0.05) is 6.42 Å². The van der Waals surface area contributed by atoms with Crippen LogP contribution in [0.3, 0.4) is 0 Å². The summed E-state index contributed by atoms with van der Waals surface area (Å²) in [4.78, 5) is 0. The fraction of sp³-hybridized carbons (Fsp3) is 0.889. The van der Waals surface area contributed by atoms with Crippen LogP contribution in [0.2, 0.25) is 0 Å². The summed E-state index contributed by atoms with van der Waals surface area (Å²) in [5.74, 6) is 3.75. The van der Waals surface area contributed by atoms with Gasteiger partial charge in [-0.05, 0) is 32.6 Å². The van der Waals surface area contributed by atoms with Crippen molar-refractivity contribution in [2.24, 2.45) is 0 Å². The standard InChI is InChI=1S/C9H19NOS/c1-8(2)10(12(3,4)11)9-6-5-7-9/h8-9H,3,5-7H2,1-2,4H3. The molecule has 0 aromatic heterocycles. The van der Waals surface area contributed by atoms with Gasteiger partial charge >= 0.3 is 0 Å². The van der Waals surface area contributed by atoms with Gasteiger partial charge in [0.25, 0.3) is 0 Å². The largest absolute Gasteiger partial charge is 0.253 e. The molecule has 0 aliphatic heterocycles. The van der Waals surface area contributed by atoms with Gasteiger partial charge in [-0.15, -0.1) is 0 Å². The topological polar surface area (TPSA) is 20.3 Å². The Balaban J connectivity index is 2.74.